The van der Waals surface area contributed by atoms with Gasteiger partial charge in [0.15, 0.2) is 11.6 Å². The fraction of sp³-hybridized carbons (Fsp3) is 0.417. The number of aliphatic hydroxyl groups is 3. The Morgan fingerprint density at radius 3 is 2.11 bits per heavy atom. The molecule has 3 aromatic rings. The Balaban J connectivity index is 1.49. The van der Waals surface area contributed by atoms with Gasteiger partial charge in [-0.15, -0.1) is 0 Å². The molecule has 0 saturated heterocycles. The van der Waals surface area contributed by atoms with Gasteiger partial charge in [0.05, 0.1) is 18.6 Å². The molecule has 1 aliphatic rings. The molecule has 0 saturated carbocycles. The van der Waals surface area contributed by atoms with E-state index in [2.05, 4.69) is 24.3 Å². The predicted molar refractivity (Wildman–Crippen MR) is 170 cm³/mol. The molecule has 2 unspecified atom stereocenters. The average Bonchev–Trinajstić information content (AvgIpc) is 2.99. The number of hydrogen-bond donors (Lipinski definition) is 4. The monoisotopic (exact) mass is 620 g/mol. The first-order valence-corrected chi connectivity index (χ1v) is 15.6. The van der Waals surface area contributed by atoms with Crippen LogP contribution in [0.15, 0.2) is 60.7 Å². The lowest BCUT2D eigenvalue weighted by Crippen LogP contribution is -2.51. The Hall–Kier alpha value is -3.36. The number of carbonyl (C=O) groups excluding carboxylic acids is 3. The van der Waals surface area contributed by atoms with E-state index < -0.39 is 36.1 Å². The summed E-state index contributed by atoms with van der Waals surface area (Å²) in [5, 5.41) is 42.3. The molecule has 0 heterocycles. The molecule has 3 aromatic carbocycles. The van der Waals surface area contributed by atoms with E-state index in [1.807, 2.05) is 24.3 Å². The van der Waals surface area contributed by atoms with E-state index >= 15 is 0 Å². The van der Waals surface area contributed by atoms with Crippen LogP contribution in [0.25, 0.3) is 11.1 Å². The summed E-state index contributed by atoms with van der Waals surface area (Å²) in [6.45, 7) is 0.00858. The second-order valence-corrected chi connectivity index (χ2v) is 12.5. The van der Waals surface area contributed by atoms with Crippen molar-refractivity contribution < 1.29 is 34.8 Å². The van der Waals surface area contributed by atoms with Gasteiger partial charge in [0.25, 0.3) is 0 Å². The number of rotatable bonds is 15. The number of fused-ring (bicyclic) bond motifs is 1. The highest BCUT2D eigenvalue weighted by atomic mass is 35.5. The number of phenolic OH excluding ortho intramolecular Hbond substituents is 1. The number of aromatic hydroxyl groups is 1. The maximum absolute atomic E-state index is 13.3. The van der Waals surface area contributed by atoms with Crippen LogP contribution in [0.4, 0.5) is 0 Å². The number of halogens is 1. The average molecular weight is 621 g/mol. The van der Waals surface area contributed by atoms with Crippen molar-refractivity contribution in [1.82, 2.24) is 0 Å². The lowest BCUT2D eigenvalue weighted by atomic mass is 9.71. The van der Waals surface area contributed by atoms with E-state index in [1.165, 1.54) is 24.1 Å². The van der Waals surface area contributed by atoms with Crippen LogP contribution in [0.5, 0.6) is 5.75 Å². The van der Waals surface area contributed by atoms with Crippen LogP contribution in [-0.2, 0) is 28.9 Å². The topological polar surface area (TPSA) is 132 Å². The normalized spacial score (nSPS) is 16.7. The largest absolute Gasteiger partial charge is 0.507 e. The molecule has 4 N–H and O–H groups in total. The highest BCUT2D eigenvalue weighted by Crippen LogP contribution is 2.41. The fourth-order valence-electron chi connectivity index (χ4n) is 6.42. The van der Waals surface area contributed by atoms with Crippen LogP contribution >= 0.6 is 11.6 Å². The van der Waals surface area contributed by atoms with Gasteiger partial charge in [0, 0.05) is 18.1 Å². The minimum Gasteiger partial charge on any atom is -0.507 e. The molecule has 234 valence electrons. The Kier molecular flexibility index (Phi) is 11.5. The molecular formula is C36H41ClO7. The van der Waals surface area contributed by atoms with Gasteiger partial charge in [-0.3, -0.25) is 14.4 Å². The van der Waals surface area contributed by atoms with E-state index in [0.717, 1.165) is 41.8 Å². The Morgan fingerprint density at radius 2 is 1.55 bits per heavy atom. The second kappa shape index (κ2) is 15.1. The molecule has 0 amide bonds. The molecule has 44 heavy (non-hydrogen) atoms. The highest BCUT2D eigenvalue weighted by Gasteiger charge is 2.44. The molecule has 0 aliphatic heterocycles. The summed E-state index contributed by atoms with van der Waals surface area (Å²) in [4.78, 5) is 37.7. The molecule has 8 heteroatoms. The zero-order valence-corrected chi connectivity index (χ0v) is 25.9. The van der Waals surface area contributed by atoms with Gasteiger partial charge < -0.3 is 20.4 Å². The third kappa shape index (κ3) is 8.02. The van der Waals surface area contributed by atoms with Crippen LogP contribution in [-0.4, -0.2) is 56.6 Å². The molecule has 1 aliphatic carbocycles. The summed E-state index contributed by atoms with van der Waals surface area (Å²) in [7, 11) is 0. The van der Waals surface area contributed by atoms with Gasteiger partial charge in [-0.1, -0.05) is 54.1 Å². The van der Waals surface area contributed by atoms with Crippen molar-refractivity contribution in [2.45, 2.75) is 70.3 Å². The van der Waals surface area contributed by atoms with Crippen LogP contribution in [0.2, 0.25) is 5.02 Å². The number of Topliss-reactive ketones (excluding diaryl/α,β-unsaturated/α-hetero) is 3. The summed E-state index contributed by atoms with van der Waals surface area (Å²) in [5.41, 5.74) is 2.99. The number of ketones is 3. The number of hydrogen-bond acceptors (Lipinski definition) is 7. The maximum Gasteiger partial charge on any atom is 0.174 e. The summed E-state index contributed by atoms with van der Waals surface area (Å²) in [6.07, 6.45) is 4.18. The minimum absolute atomic E-state index is 0.0201. The molecule has 0 bridgehead atoms. The molecule has 7 nitrogen and oxygen atoms in total. The van der Waals surface area contributed by atoms with Gasteiger partial charge >= 0.3 is 0 Å². The summed E-state index contributed by atoms with van der Waals surface area (Å²) in [6, 6.07) is 19.5. The predicted octanol–water partition coefficient (Wildman–Crippen LogP) is 5.68. The zero-order chi connectivity index (χ0) is 31.9. The van der Waals surface area contributed by atoms with Crippen molar-refractivity contribution >= 4 is 29.0 Å². The van der Waals surface area contributed by atoms with E-state index in [0.29, 0.717) is 12.0 Å². The molecular weight excluding hydrogens is 580 g/mol. The SMILES string of the molecule is CC(=O)CC(=O)[C@@](O)(CO)C(CCO)CC1CC(=O)c2c(O)ccc(-c3ccc(CCCCc4ccc(Cl)cc4)cc3)c2C1. The maximum atomic E-state index is 13.3. The Labute approximate surface area is 263 Å². The van der Waals surface area contributed by atoms with Crippen LogP contribution in [0, 0.1) is 11.8 Å². The van der Waals surface area contributed by atoms with Crippen molar-refractivity contribution in [3.8, 4) is 16.9 Å². The smallest absolute Gasteiger partial charge is 0.174 e. The minimum atomic E-state index is -2.20. The van der Waals surface area contributed by atoms with E-state index in [9.17, 15) is 34.8 Å². The summed E-state index contributed by atoms with van der Waals surface area (Å²) < 4.78 is 0. The van der Waals surface area contributed by atoms with Crippen molar-refractivity contribution in [1.29, 1.82) is 0 Å². The molecule has 0 fully saturated rings. The first kappa shape index (κ1) is 33.5. The number of benzene rings is 3. The van der Waals surface area contributed by atoms with Crippen LogP contribution in [0.1, 0.15) is 72.5 Å². The Bertz CT molecular complexity index is 1470. The van der Waals surface area contributed by atoms with Crippen molar-refractivity contribution in [2.75, 3.05) is 13.2 Å². The number of aryl methyl sites for hydroxylation is 2. The lowest BCUT2D eigenvalue weighted by molar-refractivity contribution is -0.152. The first-order valence-electron chi connectivity index (χ1n) is 15.2. The van der Waals surface area contributed by atoms with Gasteiger partial charge in [0.1, 0.15) is 17.1 Å². The second-order valence-electron chi connectivity index (χ2n) is 12.0. The third-order valence-electron chi connectivity index (χ3n) is 8.80. The zero-order valence-electron chi connectivity index (χ0n) is 25.1. The quantitative estimate of drug-likeness (QED) is 0.127. The third-order valence-corrected chi connectivity index (χ3v) is 9.05. The van der Waals surface area contributed by atoms with Gasteiger partial charge in [-0.2, -0.15) is 0 Å². The molecule has 0 aromatic heterocycles. The van der Waals surface area contributed by atoms with E-state index in [-0.39, 0.29) is 48.9 Å². The van der Waals surface area contributed by atoms with Gasteiger partial charge in [-0.05, 0) is 110 Å². The Morgan fingerprint density at radius 1 is 0.932 bits per heavy atom. The molecule has 3 atom stereocenters. The number of carbonyl (C=O) groups is 3. The van der Waals surface area contributed by atoms with E-state index in [4.69, 9.17) is 11.6 Å². The lowest BCUT2D eigenvalue weighted by Gasteiger charge is -2.36. The van der Waals surface area contributed by atoms with E-state index in [1.54, 1.807) is 6.07 Å². The number of aliphatic hydroxyl groups excluding tert-OH is 2. The number of phenols is 1. The molecule has 4 rings (SSSR count). The summed E-state index contributed by atoms with van der Waals surface area (Å²) >= 11 is 5.97. The summed E-state index contributed by atoms with van der Waals surface area (Å²) in [5.74, 6) is -2.72. The van der Waals surface area contributed by atoms with Gasteiger partial charge in [-0.25, -0.2) is 0 Å². The van der Waals surface area contributed by atoms with Crippen molar-refractivity contribution in [3.63, 3.8) is 0 Å². The molecule has 0 radical (unpaired) electrons. The van der Waals surface area contributed by atoms with Crippen LogP contribution < -0.4 is 0 Å². The fourth-order valence-corrected chi connectivity index (χ4v) is 6.54. The molecule has 0 spiro atoms. The number of unbranched alkanes of at least 4 members (excludes halogenated alkanes) is 1. The van der Waals surface area contributed by atoms with Crippen LogP contribution in [0.3, 0.4) is 0 Å². The van der Waals surface area contributed by atoms with Crippen molar-refractivity contribution in [3.05, 3.63) is 87.9 Å². The van der Waals surface area contributed by atoms with Gasteiger partial charge in [0.2, 0.25) is 0 Å². The standard InChI is InChI=1S/C36H41ClO7/c1-23(40)18-34(43)36(44,22-39)28(16-17-38)19-26-20-31-30(14-15-32(41)35(31)33(42)21-26)27-10-6-24(7-11-27)4-2-3-5-25-8-12-29(37)13-9-25/h6-15,26,28,38-39,41,44H,2-5,16-22H2,1H3/t26?,28?,36-/m1/s1. The first-order chi connectivity index (χ1) is 21.0. The van der Waals surface area contributed by atoms with Crippen molar-refractivity contribution in [2.24, 2.45) is 11.8 Å². The highest BCUT2D eigenvalue weighted by molar-refractivity contribution is 6.30.